The Balaban J connectivity index is 2.90. The van der Waals surface area contributed by atoms with E-state index in [1.54, 1.807) is 0 Å². The Bertz CT molecular complexity index is 437. The third-order valence-electron chi connectivity index (χ3n) is 2.83. The molecule has 0 saturated heterocycles. The summed E-state index contributed by atoms with van der Waals surface area (Å²) >= 11 is 0. The van der Waals surface area contributed by atoms with Gasteiger partial charge in [0.25, 0.3) is 0 Å². The minimum atomic E-state index is -4.86. The van der Waals surface area contributed by atoms with Gasteiger partial charge in [-0.25, -0.2) is 4.39 Å². The van der Waals surface area contributed by atoms with Gasteiger partial charge in [0, 0.05) is 5.56 Å². The number of halogens is 4. The summed E-state index contributed by atoms with van der Waals surface area (Å²) in [5, 5.41) is 9.80. The number of aliphatic hydroxyl groups is 1. The summed E-state index contributed by atoms with van der Waals surface area (Å²) < 4.78 is 53.6. The predicted octanol–water partition coefficient (Wildman–Crippen LogP) is 3.28. The van der Waals surface area contributed by atoms with Gasteiger partial charge in [-0.05, 0) is 24.6 Å². The lowest BCUT2D eigenvalue weighted by atomic mass is 9.98. The maximum Gasteiger partial charge on any atom is 0.573 e. The Kier molecular flexibility index (Phi) is 5.76. The van der Waals surface area contributed by atoms with Crippen molar-refractivity contribution in [1.29, 1.82) is 0 Å². The molecule has 0 unspecified atom stereocenters. The van der Waals surface area contributed by atoms with Crippen LogP contribution < -0.4 is 10.5 Å². The lowest BCUT2D eigenvalue weighted by molar-refractivity contribution is -0.274. The van der Waals surface area contributed by atoms with E-state index in [9.17, 15) is 22.7 Å². The highest BCUT2D eigenvalue weighted by Crippen LogP contribution is 2.28. The van der Waals surface area contributed by atoms with Gasteiger partial charge in [-0.2, -0.15) is 0 Å². The van der Waals surface area contributed by atoms with Crippen LogP contribution in [0.15, 0.2) is 18.2 Å². The molecular formula is C13H17F4NO2. The van der Waals surface area contributed by atoms with Gasteiger partial charge in [-0.3, -0.25) is 0 Å². The van der Waals surface area contributed by atoms with Gasteiger partial charge in [-0.1, -0.05) is 19.8 Å². The van der Waals surface area contributed by atoms with Crippen LogP contribution in [0, 0.1) is 5.82 Å². The van der Waals surface area contributed by atoms with Gasteiger partial charge in [0.2, 0.25) is 0 Å². The molecule has 0 aliphatic heterocycles. The van der Waals surface area contributed by atoms with Crippen molar-refractivity contribution in [1.82, 2.24) is 0 Å². The predicted molar refractivity (Wildman–Crippen MR) is 65.5 cm³/mol. The number of benzene rings is 1. The largest absolute Gasteiger partial charge is 0.573 e. The van der Waals surface area contributed by atoms with E-state index in [4.69, 9.17) is 5.73 Å². The molecule has 3 nitrogen and oxygen atoms in total. The van der Waals surface area contributed by atoms with Gasteiger partial charge in [0.05, 0.1) is 12.1 Å². The van der Waals surface area contributed by atoms with E-state index in [2.05, 4.69) is 4.74 Å². The SMILES string of the molecule is CCCC[C@H](O)[C@H](N)c1cc(OC(F)(F)F)ccc1F. The van der Waals surface area contributed by atoms with E-state index in [1.807, 2.05) is 6.92 Å². The summed E-state index contributed by atoms with van der Waals surface area (Å²) in [6.07, 6.45) is -4.02. The minimum absolute atomic E-state index is 0.199. The molecule has 1 rings (SSSR count). The lowest BCUT2D eigenvalue weighted by Gasteiger charge is -2.20. The topological polar surface area (TPSA) is 55.5 Å². The summed E-state index contributed by atoms with van der Waals surface area (Å²) in [6, 6.07) is 1.46. The van der Waals surface area contributed by atoms with Crippen LogP contribution in [0.2, 0.25) is 0 Å². The molecular weight excluding hydrogens is 278 g/mol. The maximum atomic E-state index is 13.6. The van der Waals surface area contributed by atoms with Crippen LogP contribution in [0.4, 0.5) is 17.6 Å². The molecule has 1 aromatic rings. The summed E-state index contributed by atoms with van der Waals surface area (Å²) in [7, 11) is 0. The Morgan fingerprint density at radius 2 is 2.00 bits per heavy atom. The third-order valence-corrected chi connectivity index (χ3v) is 2.83. The van der Waals surface area contributed by atoms with Gasteiger partial charge < -0.3 is 15.6 Å². The van der Waals surface area contributed by atoms with Crippen molar-refractivity contribution >= 4 is 0 Å². The summed E-state index contributed by atoms with van der Waals surface area (Å²) in [5.74, 6) is -1.34. The molecule has 0 aliphatic carbocycles. The van der Waals surface area contributed by atoms with Gasteiger partial charge in [0.15, 0.2) is 0 Å². The van der Waals surface area contributed by atoms with E-state index in [0.717, 1.165) is 24.6 Å². The molecule has 3 N–H and O–H groups in total. The molecule has 2 atom stereocenters. The van der Waals surface area contributed by atoms with Crippen LogP contribution in [0.5, 0.6) is 5.75 Å². The number of alkyl halides is 3. The first-order chi connectivity index (χ1) is 9.24. The van der Waals surface area contributed by atoms with Crippen LogP contribution in [-0.4, -0.2) is 17.6 Å². The fraction of sp³-hybridized carbons (Fsp3) is 0.538. The van der Waals surface area contributed by atoms with Gasteiger partial charge in [-0.15, -0.1) is 13.2 Å². The number of aliphatic hydroxyl groups excluding tert-OH is 1. The summed E-state index contributed by atoms with van der Waals surface area (Å²) in [5.41, 5.74) is 5.49. The smallest absolute Gasteiger partial charge is 0.406 e. The zero-order valence-electron chi connectivity index (χ0n) is 11.0. The molecule has 0 spiro atoms. The summed E-state index contributed by atoms with van der Waals surface area (Å²) in [6.45, 7) is 1.91. The lowest BCUT2D eigenvalue weighted by Crippen LogP contribution is -2.27. The highest BCUT2D eigenvalue weighted by atomic mass is 19.4. The van der Waals surface area contributed by atoms with Gasteiger partial charge in [0.1, 0.15) is 11.6 Å². The van der Waals surface area contributed by atoms with Crippen molar-refractivity contribution in [2.45, 2.75) is 44.7 Å². The quantitative estimate of drug-likeness (QED) is 0.792. The van der Waals surface area contributed by atoms with E-state index in [-0.39, 0.29) is 5.56 Å². The van der Waals surface area contributed by atoms with Crippen LogP contribution in [0.25, 0.3) is 0 Å². The molecule has 7 heteroatoms. The molecule has 0 saturated carbocycles. The van der Waals surface area contributed by atoms with Crippen molar-refractivity contribution in [2.75, 3.05) is 0 Å². The number of nitrogens with two attached hydrogens (primary N) is 1. The zero-order valence-corrected chi connectivity index (χ0v) is 11.0. The molecule has 0 aliphatic rings. The zero-order chi connectivity index (χ0) is 15.3. The molecule has 20 heavy (non-hydrogen) atoms. The molecule has 114 valence electrons. The third kappa shape index (κ3) is 4.97. The second-order valence-electron chi connectivity index (χ2n) is 4.47. The standard InChI is InChI=1S/C13H17F4NO2/c1-2-3-4-11(19)12(18)9-7-8(5-6-10(9)14)20-13(15,16)17/h5-7,11-12,19H,2-4,18H2,1H3/t11-,12+/m0/s1. The summed E-state index contributed by atoms with van der Waals surface area (Å²) in [4.78, 5) is 0. The first kappa shape index (κ1) is 16.7. The van der Waals surface area contributed by atoms with Crippen LogP contribution in [0.1, 0.15) is 37.8 Å². The van der Waals surface area contributed by atoms with E-state index in [0.29, 0.717) is 12.8 Å². The Morgan fingerprint density at radius 3 is 2.55 bits per heavy atom. The number of hydrogen-bond acceptors (Lipinski definition) is 3. The van der Waals surface area contributed by atoms with E-state index < -0.39 is 30.1 Å². The van der Waals surface area contributed by atoms with E-state index in [1.165, 1.54) is 0 Å². The molecule has 0 fully saturated rings. The molecule has 0 amide bonds. The Labute approximate surface area is 114 Å². The van der Waals surface area contributed by atoms with Crippen LogP contribution >= 0.6 is 0 Å². The van der Waals surface area contributed by atoms with Crippen molar-refractivity contribution in [2.24, 2.45) is 5.73 Å². The minimum Gasteiger partial charge on any atom is -0.406 e. The monoisotopic (exact) mass is 295 g/mol. The van der Waals surface area contributed by atoms with E-state index >= 15 is 0 Å². The maximum absolute atomic E-state index is 13.6. The van der Waals surface area contributed by atoms with Gasteiger partial charge >= 0.3 is 6.36 Å². The highest BCUT2D eigenvalue weighted by molar-refractivity contribution is 5.32. The van der Waals surface area contributed by atoms with Crippen molar-refractivity contribution in [3.63, 3.8) is 0 Å². The van der Waals surface area contributed by atoms with Crippen molar-refractivity contribution in [3.05, 3.63) is 29.6 Å². The fourth-order valence-corrected chi connectivity index (χ4v) is 1.77. The average molecular weight is 295 g/mol. The second-order valence-corrected chi connectivity index (χ2v) is 4.47. The second kappa shape index (κ2) is 6.90. The number of rotatable bonds is 6. The molecule has 0 aromatic heterocycles. The van der Waals surface area contributed by atoms with Crippen LogP contribution in [-0.2, 0) is 0 Å². The van der Waals surface area contributed by atoms with Crippen molar-refractivity contribution in [3.8, 4) is 5.75 Å². The number of ether oxygens (including phenoxy) is 1. The first-order valence-corrected chi connectivity index (χ1v) is 6.23. The number of unbranched alkanes of at least 4 members (excludes halogenated alkanes) is 1. The number of hydrogen-bond donors (Lipinski definition) is 2. The van der Waals surface area contributed by atoms with Crippen LogP contribution in [0.3, 0.4) is 0 Å². The molecule has 0 bridgehead atoms. The first-order valence-electron chi connectivity index (χ1n) is 6.23. The molecule has 0 heterocycles. The molecule has 1 aromatic carbocycles. The Hall–Kier alpha value is -1.34. The Morgan fingerprint density at radius 1 is 1.35 bits per heavy atom. The molecule has 0 radical (unpaired) electrons. The average Bonchev–Trinajstić information content (AvgIpc) is 2.35. The normalized spacial score (nSPS) is 14.9. The fourth-order valence-electron chi connectivity index (χ4n) is 1.77. The van der Waals surface area contributed by atoms with Crippen molar-refractivity contribution < 1.29 is 27.4 Å². The highest BCUT2D eigenvalue weighted by Gasteiger charge is 2.31.